The number of rotatable bonds is 4. The second kappa shape index (κ2) is 6.04. The van der Waals surface area contributed by atoms with Crippen molar-refractivity contribution >= 4 is 29.1 Å². The molecule has 0 N–H and O–H groups in total. The third kappa shape index (κ3) is 3.68. The van der Waals surface area contributed by atoms with Crippen molar-refractivity contribution in [1.29, 1.82) is 0 Å². The van der Waals surface area contributed by atoms with Gasteiger partial charge in [-0.1, -0.05) is 11.6 Å². The monoisotopic (exact) mass is 297 g/mol. The number of thioether (sulfide) groups is 1. The van der Waals surface area contributed by atoms with E-state index < -0.39 is 4.92 Å². The van der Waals surface area contributed by atoms with Gasteiger partial charge in [-0.15, -0.1) is 11.8 Å². The van der Waals surface area contributed by atoms with Gasteiger partial charge in [-0.3, -0.25) is 10.1 Å². The molecule has 0 saturated heterocycles. The predicted octanol–water partition coefficient (Wildman–Crippen LogP) is 4.68. The summed E-state index contributed by atoms with van der Waals surface area (Å²) in [5.41, 5.74) is 0.698. The highest BCUT2D eigenvalue weighted by Crippen LogP contribution is 2.29. The van der Waals surface area contributed by atoms with Crippen LogP contribution in [0.2, 0.25) is 5.02 Å². The number of halogens is 2. The molecule has 0 unspecified atom stereocenters. The summed E-state index contributed by atoms with van der Waals surface area (Å²) in [6.07, 6.45) is 0. The molecule has 19 heavy (non-hydrogen) atoms. The first kappa shape index (κ1) is 13.8. The molecule has 0 spiro atoms. The zero-order valence-electron chi connectivity index (χ0n) is 9.68. The highest BCUT2D eigenvalue weighted by molar-refractivity contribution is 7.98. The minimum absolute atomic E-state index is 0.0131. The van der Waals surface area contributed by atoms with E-state index in [1.807, 2.05) is 0 Å². The van der Waals surface area contributed by atoms with Crippen LogP contribution in [0.1, 0.15) is 5.56 Å². The normalized spacial score (nSPS) is 10.4. The second-order valence-electron chi connectivity index (χ2n) is 3.78. The highest BCUT2D eigenvalue weighted by Gasteiger charge is 2.10. The molecule has 2 rings (SSSR count). The van der Waals surface area contributed by atoms with E-state index in [1.165, 1.54) is 42.1 Å². The molecule has 0 radical (unpaired) electrons. The van der Waals surface area contributed by atoms with Gasteiger partial charge in [-0.25, -0.2) is 4.39 Å². The van der Waals surface area contributed by atoms with Crippen LogP contribution in [0, 0.1) is 15.9 Å². The molecule has 0 aromatic heterocycles. The average Bonchev–Trinajstić information content (AvgIpc) is 2.39. The summed E-state index contributed by atoms with van der Waals surface area (Å²) in [7, 11) is 0. The fraction of sp³-hybridized carbons (Fsp3) is 0.0769. The van der Waals surface area contributed by atoms with Gasteiger partial charge < -0.3 is 0 Å². The molecule has 0 aliphatic heterocycles. The number of non-ortho nitro benzene ring substituents is 1. The Bertz CT molecular complexity index is 604. The summed E-state index contributed by atoms with van der Waals surface area (Å²) in [5, 5.41) is 11.2. The fourth-order valence-electron chi connectivity index (χ4n) is 1.48. The molecule has 0 heterocycles. The maximum absolute atomic E-state index is 12.8. The largest absolute Gasteiger partial charge is 0.269 e. The van der Waals surface area contributed by atoms with Crippen LogP contribution in [-0.4, -0.2) is 4.92 Å². The molecule has 6 heteroatoms. The third-order valence-corrected chi connectivity index (χ3v) is 3.88. The molecule has 0 fully saturated rings. The van der Waals surface area contributed by atoms with Crippen LogP contribution in [0.15, 0.2) is 47.4 Å². The molecule has 3 nitrogen and oxygen atoms in total. The van der Waals surface area contributed by atoms with Crippen molar-refractivity contribution in [2.45, 2.75) is 10.6 Å². The lowest BCUT2D eigenvalue weighted by molar-refractivity contribution is -0.384. The Morgan fingerprint density at radius 1 is 1.21 bits per heavy atom. The molecular formula is C13H9ClFNO2S. The van der Waals surface area contributed by atoms with Crippen molar-refractivity contribution in [2.75, 3.05) is 0 Å². The van der Waals surface area contributed by atoms with Crippen molar-refractivity contribution in [3.05, 3.63) is 69.0 Å². The first-order valence-electron chi connectivity index (χ1n) is 5.37. The Kier molecular flexibility index (Phi) is 4.39. The fourth-order valence-corrected chi connectivity index (χ4v) is 2.63. The van der Waals surface area contributed by atoms with E-state index in [2.05, 4.69) is 0 Å². The number of nitrogens with zero attached hydrogens (tertiary/aromatic N) is 1. The molecule has 0 saturated carbocycles. The molecule has 0 aliphatic carbocycles. The SMILES string of the molecule is O=[N+]([O-])c1ccc(Cl)c(CSc2ccc(F)cc2)c1. The van der Waals surface area contributed by atoms with Gasteiger partial charge in [0.1, 0.15) is 5.82 Å². The zero-order chi connectivity index (χ0) is 13.8. The van der Waals surface area contributed by atoms with Gasteiger partial charge in [-0.05, 0) is 35.9 Å². The molecule has 2 aromatic rings. The summed E-state index contributed by atoms with van der Waals surface area (Å²) < 4.78 is 12.8. The minimum Gasteiger partial charge on any atom is -0.258 e. The van der Waals surface area contributed by atoms with Crippen molar-refractivity contribution in [1.82, 2.24) is 0 Å². The highest BCUT2D eigenvalue weighted by atomic mass is 35.5. The number of hydrogen-bond donors (Lipinski definition) is 0. The van der Waals surface area contributed by atoms with Crippen molar-refractivity contribution in [3.63, 3.8) is 0 Å². The van der Waals surface area contributed by atoms with Gasteiger partial charge >= 0.3 is 0 Å². The Balaban J connectivity index is 2.12. The summed E-state index contributed by atoms with van der Waals surface area (Å²) in [4.78, 5) is 11.1. The van der Waals surface area contributed by atoms with E-state index in [1.54, 1.807) is 12.1 Å². The summed E-state index contributed by atoms with van der Waals surface area (Å²) in [6, 6.07) is 10.4. The Labute approximate surface area is 118 Å². The summed E-state index contributed by atoms with van der Waals surface area (Å²) >= 11 is 7.44. The van der Waals surface area contributed by atoms with Gasteiger partial charge in [0.2, 0.25) is 0 Å². The molecule has 0 amide bonds. The number of benzene rings is 2. The Hall–Kier alpha value is -1.59. The van der Waals surface area contributed by atoms with E-state index >= 15 is 0 Å². The van der Waals surface area contributed by atoms with Crippen LogP contribution in [0.25, 0.3) is 0 Å². The molecule has 2 aromatic carbocycles. The predicted molar refractivity (Wildman–Crippen MR) is 74.1 cm³/mol. The maximum Gasteiger partial charge on any atom is 0.269 e. The standard InChI is InChI=1S/C13H9ClFNO2S/c14-13-6-3-11(16(17)18)7-9(13)8-19-12-4-1-10(15)2-5-12/h1-7H,8H2. The van der Waals surface area contributed by atoms with Gasteiger partial charge in [0.15, 0.2) is 0 Å². The number of nitro groups is 1. The molecule has 98 valence electrons. The van der Waals surface area contributed by atoms with Crippen LogP contribution in [0.4, 0.5) is 10.1 Å². The van der Waals surface area contributed by atoms with Gasteiger partial charge in [0.05, 0.1) is 4.92 Å². The molecular weight excluding hydrogens is 289 g/mol. The lowest BCUT2D eigenvalue weighted by Gasteiger charge is -2.04. The number of hydrogen-bond acceptors (Lipinski definition) is 3. The number of nitro benzene ring substituents is 1. The van der Waals surface area contributed by atoms with Crippen LogP contribution in [-0.2, 0) is 5.75 Å². The lowest BCUT2D eigenvalue weighted by Crippen LogP contribution is -1.90. The smallest absolute Gasteiger partial charge is 0.258 e. The van der Waals surface area contributed by atoms with E-state index in [0.717, 1.165) is 4.90 Å². The van der Waals surface area contributed by atoms with Crippen molar-refractivity contribution < 1.29 is 9.31 Å². The topological polar surface area (TPSA) is 43.1 Å². The molecule has 0 aliphatic rings. The Morgan fingerprint density at radius 2 is 1.89 bits per heavy atom. The van der Waals surface area contributed by atoms with Gasteiger partial charge in [0, 0.05) is 27.8 Å². The maximum atomic E-state index is 12.8. The van der Waals surface area contributed by atoms with Crippen molar-refractivity contribution in [3.8, 4) is 0 Å². The molecule has 0 atom stereocenters. The van der Waals surface area contributed by atoms with E-state index in [4.69, 9.17) is 11.6 Å². The quantitative estimate of drug-likeness (QED) is 0.467. The third-order valence-electron chi connectivity index (χ3n) is 2.45. The lowest BCUT2D eigenvalue weighted by atomic mass is 10.2. The first-order chi connectivity index (χ1) is 9.06. The van der Waals surface area contributed by atoms with E-state index in [9.17, 15) is 14.5 Å². The van der Waals surface area contributed by atoms with Gasteiger partial charge in [0.25, 0.3) is 5.69 Å². The van der Waals surface area contributed by atoms with Crippen molar-refractivity contribution in [2.24, 2.45) is 0 Å². The first-order valence-corrected chi connectivity index (χ1v) is 6.74. The second-order valence-corrected chi connectivity index (χ2v) is 5.23. The minimum atomic E-state index is -0.456. The van der Waals surface area contributed by atoms with Crippen LogP contribution < -0.4 is 0 Å². The van der Waals surface area contributed by atoms with Crippen LogP contribution in [0.3, 0.4) is 0 Å². The van der Waals surface area contributed by atoms with E-state index in [-0.39, 0.29) is 11.5 Å². The Morgan fingerprint density at radius 3 is 2.53 bits per heavy atom. The summed E-state index contributed by atoms with van der Waals surface area (Å²) in [5.74, 6) is 0.198. The average molecular weight is 298 g/mol. The zero-order valence-corrected chi connectivity index (χ0v) is 11.2. The van der Waals surface area contributed by atoms with Crippen LogP contribution >= 0.6 is 23.4 Å². The molecule has 0 bridgehead atoms. The van der Waals surface area contributed by atoms with Crippen LogP contribution in [0.5, 0.6) is 0 Å². The van der Waals surface area contributed by atoms with E-state index in [0.29, 0.717) is 16.3 Å². The van der Waals surface area contributed by atoms with Gasteiger partial charge in [-0.2, -0.15) is 0 Å². The summed E-state index contributed by atoms with van der Waals surface area (Å²) in [6.45, 7) is 0.